The van der Waals surface area contributed by atoms with Crippen LogP contribution in [0.4, 0.5) is 0 Å². The van der Waals surface area contributed by atoms with Gasteiger partial charge in [-0.3, -0.25) is 4.57 Å². The fraction of sp³-hybridized carbons (Fsp3) is 1.00. The molecule has 0 aromatic carbocycles. The summed E-state index contributed by atoms with van der Waals surface area (Å²) >= 11 is 0. The molecule has 0 aromatic heterocycles. The van der Waals surface area contributed by atoms with Crippen LogP contribution in [0.15, 0.2) is 0 Å². The topological polar surface area (TPSA) is 84.6 Å². The molecule has 0 aliphatic carbocycles. The van der Waals surface area contributed by atoms with Gasteiger partial charge in [-0.1, -0.05) is 0 Å². The van der Waals surface area contributed by atoms with Gasteiger partial charge in [0.2, 0.25) is 0 Å². The highest BCUT2D eigenvalue weighted by Crippen LogP contribution is 2.39. The number of hydrogen-bond donors (Lipinski definition) is 1. The number of phosphoric ester groups is 1. The molecule has 0 aliphatic heterocycles. The highest BCUT2D eigenvalue weighted by Gasteiger charge is 2.10. The lowest BCUT2D eigenvalue weighted by atomic mass is 10.5. The molecule has 12 heavy (non-hydrogen) atoms. The minimum Gasteiger partial charge on any atom is -0.756 e. The Bertz CT molecular complexity index is 162. The van der Waals surface area contributed by atoms with Crippen LogP contribution in [0.3, 0.4) is 0 Å². The third-order valence-electron chi connectivity index (χ3n) is 0.938. The molecular formula is C6H15NO4P-. The van der Waals surface area contributed by atoms with E-state index in [2.05, 4.69) is 9.05 Å². The van der Waals surface area contributed by atoms with E-state index in [9.17, 15) is 9.46 Å². The molecule has 0 fully saturated rings. The lowest BCUT2D eigenvalue weighted by Gasteiger charge is -2.24. The first kappa shape index (κ1) is 12.1. The van der Waals surface area contributed by atoms with Crippen LogP contribution in [-0.4, -0.2) is 19.3 Å². The molecule has 0 bridgehead atoms. The molecule has 0 spiro atoms. The van der Waals surface area contributed by atoms with E-state index in [1.165, 1.54) is 0 Å². The largest absolute Gasteiger partial charge is 0.756 e. The van der Waals surface area contributed by atoms with E-state index >= 15 is 0 Å². The summed E-state index contributed by atoms with van der Waals surface area (Å²) in [5.41, 5.74) is 5.15. The van der Waals surface area contributed by atoms with Crippen LogP contribution >= 0.6 is 7.82 Å². The summed E-state index contributed by atoms with van der Waals surface area (Å²) in [4.78, 5) is 10.9. The molecule has 2 N–H and O–H groups in total. The molecule has 0 amide bonds. The molecule has 6 heteroatoms. The Balaban J connectivity index is 3.64. The number of nitrogens with two attached hydrogens (primary N) is 1. The van der Waals surface area contributed by atoms with Crippen molar-refractivity contribution in [1.82, 2.24) is 0 Å². The molecule has 1 atom stereocenters. The first-order chi connectivity index (χ1) is 5.48. The van der Waals surface area contributed by atoms with Crippen molar-refractivity contribution >= 4 is 7.82 Å². The maximum Gasteiger partial charge on any atom is 0.268 e. The van der Waals surface area contributed by atoms with Crippen molar-refractivity contribution in [2.45, 2.75) is 26.4 Å². The minimum absolute atomic E-state index is 0.0873. The van der Waals surface area contributed by atoms with Crippen LogP contribution in [0.5, 0.6) is 0 Å². The Morgan fingerprint density at radius 2 is 2.17 bits per heavy atom. The second-order valence-corrected chi connectivity index (χ2v) is 3.94. The standard InChI is InChI=1S/C6H16NO4P/c1-6(2)11-12(8,9)10-5-3-4-7/h6H,3-5,7H2,1-2H3,(H,8,9)/p-1. The van der Waals surface area contributed by atoms with Crippen LogP contribution in [-0.2, 0) is 13.6 Å². The summed E-state index contributed by atoms with van der Waals surface area (Å²) in [6.07, 6.45) is 0.124. The van der Waals surface area contributed by atoms with E-state index in [0.717, 1.165) is 0 Å². The maximum absolute atomic E-state index is 10.9. The zero-order chi connectivity index (χ0) is 9.61. The Morgan fingerprint density at radius 1 is 1.58 bits per heavy atom. The van der Waals surface area contributed by atoms with Crippen molar-refractivity contribution in [1.29, 1.82) is 0 Å². The van der Waals surface area contributed by atoms with E-state index < -0.39 is 7.82 Å². The molecule has 1 unspecified atom stereocenters. The Kier molecular flexibility index (Phi) is 5.70. The van der Waals surface area contributed by atoms with E-state index in [1.807, 2.05) is 0 Å². The summed E-state index contributed by atoms with van der Waals surface area (Å²) in [5, 5.41) is 0. The van der Waals surface area contributed by atoms with Crippen LogP contribution < -0.4 is 10.6 Å². The fourth-order valence-corrected chi connectivity index (χ4v) is 1.48. The molecule has 0 saturated carbocycles. The van der Waals surface area contributed by atoms with Crippen LogP contribution in [0, 0.1) is 0 Å². The SMILES string of the molecule is CC(C)OP(=O)([O-])OCCCN. The second-order valence-electron chi connectivity index (χ2n) is 2.58. The van der Waals surface area contributed by atoms with Crippen LogP contribution in [0.1, 0.15) is 20.3 Å². The predicted molar refractivity (Wildman–Crippen MR) is 43.5 cm³/mol. The van der Waals surface area contributed by atoms with Crippen molar-refractivity contribution in [3.05, 3.63) is 0 Å². The molecule has 0 heterocycles. The van der Waals surface area contributed by atoms with E-state index in [1.54, 1.807) is 13.8 Å². The van der Waals surface area contributed by atoms with Gasteiger partial charge < -0.3 is 19.7 Å². The van der Waals surface area contributed by atoms with Gasteiger partial charge in [-0.25, -0.2) is 0 Å². The zero-order valence-electron chi connectivity index (χ0n) is 7.36. The van der Waals surface area contributed by atoms with Crippen LogP contribution in [0.25, 0.3) is 0 Å². The Hall–Kier alpha value is 0.0700. The average Bonchev–Trinajstić information content (AvgIpc) is 1.84. The second kappa shape index (κ2) is 5.67. The van der Waals surface area contributed by atoms with E-state index in [-0.39, 0.29) is 12.7 Å². The van der Waals surface area contributed by atoms with Crippen molar-refractivity contribution < 1.29 is 18.5 Å². The quantitative estimate of drug-likeness (QED) is 0.486. The molecule has 0 aromatic rings. The van der Waals surface area contributed by atoms with Gasteiger partial charge in [0.25, 0.3) is 7.82 Å². The van der Waals surface area contributed by atoms with Crippen molar-refractivity contribution in [3.63, 3.8) is 0 Å². The number of rotatable bonds is 6. The first-order valence-corrected chi connectivity index (χ1v) is 5.28. The van der Waals surface area contributed by atoms with Gasteiger partial charge in [0, 0.05) is 0 Å². The van der Waals surface area contributed by atoms with Gasteiger partial charge in [0.1, 0.15) is 0 Å². The predicted octanol–water partition coefficient (Wildman–Crippen LogP) is 0.245. The van der Waals surface area contributed by atoms with Crippen molar-refractivity contribution in [2.75, 3.05) is 13.2 Å². The first-order valence-electron chi connectivity index (χ1n) is 3.82. The lowest BCUT2D eigenvalue weighted by molar-refractivity contribution is -0.228. The molecule has 0 radical (unpaired) electrons. The van der Waals surface area contributed by atoms with Gasteiger partial charge >= 0.3 is 0 Å². The van der Waals surface area contributed by atoms with E-state index in [0.29, 0.717) is 13.0 Å². The van der Waals surface area contributed by atoms with Crippen LogP contribution in [0.2, 0.25) is 0 Å². The third-order valence-corrected chi connectivity index (χ3v) is 2.12. The van der Waals surface area contributed by atoms with E-state index in [4.69, 9.17) is 5.73 Å². The molecule has 0 rings (SSSR count). The summed E-state index contributed by atoms with van der Waals surface area (Å²) in [5.74, 6) is 0. The summed E-state index contributed by atoms with van der Waals surface area (Å²) in [6, 6.07) is 0. The smallest absolute Gasteiger partial charge is 0.268 e. The van der Waals surface area contributed by atoms with Gasteiger partial charge in [-0.2, -0.15) is 0 Å². The maximum atomic E-state index is 10.9. The highest BCUT2D eigenvalue weighted by molar-refractivity contribution is 7.45. The van der Waals surface area contributed by atoms with Crippen molar-refractivity contribution in [2.24, 2.45) is 5.73 Å². The van der Waals surface area contributed by atoms with Gasteiger partial charge in [-0.15, -0.1) is 0 Å². The number of hydrogen-bond acceptors (Lipinski definition) is 5. The highest BCUT2D eigenvalue weighted by atomic mass is 31.2. The molecular weight excluding hydrogens is 181 g/mol. The Morgan fingerprint density at radius 3 is 2.58 bits per heavy atom. The molecule has 5 nitrogen and oxygen atoms in total. The zero-order valence-corrected chi connectivity index (χ0v) is 8.25. The molecule has 0 saturated heterocycles. The van der Waals surface area contributed by atoms with Gasteiger partial charge in [-0.05, 0) is 26.8 Å². The summed E-state index contributed by atoms with van der Waals surface area (Å²) < 4.78 is 19.9. The number of phosphoric acid groups is 1. The Labute approximate surface area is 72.5 Å². The minimum atomic E-state index is -4.08. The average molecular weight is 196 g/mol. The van der Waals surface area contributed by atoms with Gasteiger partial charge in [0.15, 0.2) is 0 Å². The third kappa shape index (κ3) is 6.76. The summed E-state index contributed by atoms with van der Waals surface area (Å²) in [6.45, 7) is 3.74. The monoisotopic (exact) mass is 196 g/mol. The normalized spacial score (nSPS) is 16.4. The fourth-order valence-electron chi connectivity index (χ4n) is 0.548. The van der Waals surface area contributed by atoms with Gasteiger partial charge in [0.05, 0.1) is 12.7 Å². The molecule has 74 valence electrons. The van der Waals surface area contributed by atoms with Crippen molar-refractivity contribution in [3.8, 4) is 0 Å². The summed E-state index contributed by atoms with van der Waals surface area (Å²) in [7, 11) is -4.08. The lowest BCUT2D eigenvalue weighted by Crippen LogP contribution is -2.14. The molecule has 0 aliphatic rings.